The molecule has 0 fully saturated rings. The van der Waals surface area contributed by atoms with Gasteiger partial charge >= 0.3 is 0 Å². The van der Waals surface area contributed by atoms with Crippen LogP contribution < -0.4 is 0 Å². The van der Waals surface area contributed by atoms with Crippen LogP contribution in [0.3, 0.4) is 0 Å². The van der Waals surface area contributed by atoms with Gasteiger partial charge in [-0.15, -0.1) is 11.8 Å². The monoisotopic (exact) mass is 212 g/mol. The number of rotatable bonds is 3. The molecule has 1 N–H and O–H groups in total. The summed E-state index contributed by atoms with van der Waals surface area (Å²) in [4.78, 5) is 23.4. The predicted molar refractivity (Wildman–Crippen MR) is 56.0 cm³/mol. The minimum absolute atomic E-state index is 0.00518. The van der Waals surface area contributed by atoms with Crippen LogP contribution >= 0.6 is 11.8 Å². The molecule has 0 heterocycles. The van der Waals surface area contributed by atoms with E-state index in [2.05, 4.69) is 0 Å². The van der Waals surface area contributed by atoms with Crippen LogP contribution in [0.2, 0.25) is 0 Å². The average molecular weight is 212 g/mol. The highest BCUT2D eigenvalue weighted by molar-refractivity contribution is 8.04. The van der Waals surface area contributed by atoms with Crippen molar-refractivity contribution in [2.75, 3.05) is 12.4 Å². The van der Waals surface area contributed by atoms with Crippen LogP contribution in [0.15, 0.2) is 22.1 Å². The molecule has 0 bridgehead atoms. The Morgan fingerprint density at radius 3 is 2.50 bits per heavy atom. The first kappa shape index (κ1) is 11.2. The number of aliphatic hydroxyl groups is 1. The van der Waals surface area contributed by atoms with Gasteiger partial charge in [0, 0.05) is 23.0 Å². The molecule has 0 radical (unpaired) electrons. The van der Waals surface area contributed by atoms with Crippen LogP contribution in [-0.2, 0) is 9.59 Å². The smallest absolute Gasteiger partial charge is 0.195 e. The number of carbonyl (C=O) groups is 2. The fourth-order valence-electron chi connectivity index (χ4n) is 1.10. The van der Waals surface area contributed by atoms with Crippen LogP contribution in [0.1, 0.15) is 13.8 Å². The Bertz CT molecular complexity index is 339. The van der Waals surface area contributed by atoms with Gasteiger partial charge in [0.05, 0.1) is 11.5 Å². The molecule has 0 saturated heterocycles. The van der Waals surface area contributed by atoms with E-state index in [9.17, 15) is 9.59 Å². The molecular weight excluding hydrogens is 200 g/mol. The molecule has 0 aromatic heterocycles. The average Bonchev–Trinajstić information content (AvgIpc) is 2.18. The highest BCUT2D eigenvalue weighted by Gasteiger charge is 2.22. The summed E-state index contributed by atoms with van der Waals surface area (Å²) < 4.78 is 0. The minimum Gasteiger partial charge on any atom is -0.396 e. The van der Waals surface area contributed by atoms with Crippen LogP contribution in [0.25, 0.3) is 0 Å². The van der Waals surface area contributed by atoms with E-state index in [0.29, 0.717) is 21.8 Å². The number of aliphatic hydroxyl groups excluding tert-OH is 1. The van der Waals surface area contributed by atoms with Crippen LogP contribution in [0, 0.1) is 0 Å². The van der Waals surface area contributed by atoms with Crippen molar-refractivity contribution in [3.8, 4) is 0 Å². The van der Waals surface area contributed by atoms with Gasteiger partial charge in [0.25, 0.3) is 0 Å². The Kier molecular flexibility index (Phi) is 3.66. The first-order valence-electron chi connectivity index (χ1n) is 4.29. The number of Topliss-reactive ketones (excluding diaryl/α,β-unsaturated/α-hetero) is 1. The van der Waals surface area contributed by atoms with Crippen molar-refractivity contribution >= 4 is 23.3 Å². The van der Waals surface area contributed by atoms with Crippen LogP contribution in [-0.4, -0.2) is 29.0 Å². The normalized spacial score (nSPS) is 17.5. The van der Waals surface area contributed by atoms with Crippen molar-refractivity contribution in [2.45, 2.75) is 13.8 Å². The second kappa shape index (κ2) is 4.57. The lowest BCUT2D eigenvalue weighted by Gasteiger charge is -2.12. The lowest BCUT2D eigenvalue weighted by Crippen LogP contribution is -2.15. The summed E-state index contributed by atoms with van der Waals surface area (Å²) in [6.07, 6.45) is 1.35. The fourth-order valence-corrected chi connectivity index (χ4v) is 1.88. The van der Waals surface area contributed by atoms with E-state index in [4.69, 9.17) is 5.11 Å². The Hall–Kier alpha value is -0.870. The van der Waals surface area contributed by atoms with Crippen LogP contribution in [0.5, 0.6) is 0 Å². The fraction of sp³-hybridized carbons (Fsp3) is 0.400. The number of allylic oxidation sites excluding steroid dienone is 4. The molecule has 1 aliphatic carbocycles. The quantitative estimate of drug-likeness (QED) is 0.711. The van der Waals surface area contributed by atoms with Gasteiger partial charge in [-0.2, -0.15) is 0 Å². The molecule has 0 spiro atoms. The molecule has 4 heteroatoms. The molecule has 0 atom stereocenters. The van der Waals surface area contributed by atoms with Gasteiger partial charge in [-0.25, -0.2) is 0 Å². The number of ketones is 2. The summed E-state index contributed by atoms with van der Waals surface area (Å²) in [6.45, 7) is 3.31. The zero-order valence-electron chi connectivity index (χ0n) is 8.16. The first-order valence-corrected chi connectivity index (χ1v) is 5.28. The maximum absolute atomic E-state index is 11.6. The third-order valence-corrected chi connectivity index (χ3v) is 3.11. The third-order valence-electron chi connectivity index (χ3n) is 2.11. The zero-order valence-corrected chi connectivity index (χ0v) is 8.98. The van der Waals surface area contributed by atoms with E-state index < -0.39 is 0 Å². The van der Waals surface area contributed by atoms with E-state index in [-0.39, 0.29) is 18.2 Å². The van der Waals surface area contributed by atoms with Crippen molar-refractivity contribution in [1.82, 2.24) is 0 Å². The van der Waals surface area contributed by atoms with E-state index in [1.807, 2.05) is 0 Å². The highest BCUT2D eigenvalue weighted by atomic mass is 32.2. The SMILES string of the molecule is CC1=C(C)C(=O)C(SCCO)=CC1=O. The van der Waals surface area contributed by atoms with E-state index >= 15 is 0 Å². The molecule has 3 nitrogen and oxygen atoms in total. The Balaban J connectivity index is 2.86. The molecule has 1 aliphatic rings. The van der Waals surface area contributed by atoms with Crippen molar-refractivity contribution in [3.63, 3.8) is 0 Å². The predicted octanol–water partition coefficient (Wildman–Crippen LogP) is 1.08. The number of hydrogen-bond acceptors (Lipinski definition) is 4. The maximum atomic E-state index is 11.6. The molecule has 14 heavy (non-hydrogen) atoms. The van der Waals surface area contributed by atoms with Crippen LogP contribution in [0.4, 0.5) is 0 Å². The highest BCUT2D eigenvalue weighted by Crippen LogP contribution is 2.26. The van der Waals surface area contributed by atoms with Gasteiger partial charge in [0.2, 0.25) is 0 Å². The molecule has 0 aromatic rings. The largest absolute Gasteiger partial charge is 0.396 e. The minimum atomic E-state index is -0.109. The molecule has 1 rings (SSSR count). The lowest BCUT2D eigenvalue weighted by molar-refractivity contribution is -0.115. The van der Waals surface area contributed by atoms with Crippen molar-refractivity contribution < 1.29 is 14.7 Å². The van der Waals surface area contributed by atoms with Crippen molar-refractivity contribution in [1.29, 1.82) is 0 Å². The Labute approximate surface area is 86.9 Å². The van der Waals surface area contributed by atoms with Gasteiger partial charge in [0.15, 0.2) is 11.6 Å². The molecule has 76 valence electrons. The lowest BCUT2D eigenvalue weighted by atomic mass is 9.97. The molecular formula is C10H12O3S. The van der Waals surface area contributed by atoms with Gasteiger partial charge in [-0.1, -0.05) is 0 Å². The second-order valence-electron chi connectivity index (χ2n) is 3.02. The standard InChI is InChI=1S/C10H12O3S/c1-6-7(2)10(13)9(5-8(6)12)14-4-3-11/h5,11H,3-4H2,1-2H3. The summed E-state index contributed by atoms with van der Waals surface area (Å²) in [7, 11) is 0. The van der Waals surface area contributed by atoms with Crippen molar-refractivity contribution in [2.24, 2.45) is 0 Å². The Morgan fingerprint density at radius 2 is 1.93 bits per heavy atom. The maximum Gasteiger partial charge on any atom is 0.195 e. The van der Waals surface area contributed by atoms with E-state index in [0.717, 1.165) is 0 Å². The summed E-state index contributed by atoms with van der Waals surface area (Å²) >= 11 is 1.22. The molecule has 0 aromatic carbocycles. The third kappa shape index (κ3) is 2.13. The number of hydrogen-bond donors (Lipinski definition) is 1. The first-order chi connectivity index (χ1) is 6.57. The van der Waals surface area contributed by atoms with Gasteiger partial charge < -0.3 is 5.11 Å². The van der Waals surface area contributed by atoms with E-state index in [1.54, 1.807) is 13.8 Å². The summed E-state index contributed by atoms with van der Waals surface area (Å²) in [5, 5.41) is 8.61. The topological polar surface area (TPSA) is 54.4 Å². The molecule has 0 amide bonds. The summed E-state index contributed by atoms with van der Waals surface area (Å²) in [6, 6.07) is 0. The number of thioether (sulfide) groups is 1. The molecule has 0 unspecified atom stereocenters. The number of carbonyl (C=O) groups excluding carboxylic acids is 2. The van der Waals surface area contributed by atoms with E-state index in [1.165, 1.54) is 17.8 Å². The molecule has 0 aliphatic heterocycles. The van der Waals surface area contributed by atoms with Gasteiger partial charge in [0.1, 0.15) is 0 Å². The molecule has 0 saturated carbocycles. The second-order valence-corrected chi connectivity index (χ2v) is 4.16. The van der Waals surface area contributed by atoms with Gasteiger partial charge in [-0.05, 0) is 13.8 Å². The summed E-state index contributed by atoms with van der Waals surface area (Å²) in [5.74, 6) is 0.236. The Morgan fingerprint density at radius 1 is 1.29 bits per heavy atom. The van der Waals surface area contributed by atoms with Crippen molar-refractivity contribution in [3.05, 3.63) is 22.1 Å². The summed E-state index contributed by atoms with van der Waals surface area (Å²) in [5.41, 5.74) is 1.03. The van der Waals surface area contributed by atoms with Gasteiger partial charge in [-0.3, -0.25) is 9.59 Å². The zero-order chi connectivity index (χ0) is 10.7.